The van der Waals surface area contributed by atoms with Crippen molar-refractivity contribution in [2.75, 3.05) is 6.61 Å². The first-order valence-electron chi connectivity index (χ1n) is 15.0. The number of aliphatic hydroxyl groups excluding tert-OH is 7. The van der Waals surface area contributed by atoms with Gasteiger partial charge in [0.2, 0.25) is 18.4 Å². The van der Waals surface area contributed by atoms with E-state index in [4.69, 9.17) is 18.9 Å². The molecule has 0 unspecified atom stereocenters. The third-order valence-electron chi connectivity index (χ3n) is 8.79. The second-order valence-corrected chi connectivity index (χ2v) is 12.0. The molecule has 0 saturated carbocycles. The van der Waals surface area contributed by atoms with Crippen LogP contribution in [0.4, 0.5) is 0 Å². The lowest BCUT2D eigenvalue weighted by molar-refractivity contribution is -0.282. The van der Waals surface area contributed by atoms with Gasteiger partial charge in [0.05, 0.1) is 23.3 Å². The van der Waals surface area contributed by atoms with Crippen LogP contribution >= 0.6 is 0 Å². The van der Waals surface area contributed by atoms with Gasteiger partial charge >= 0.3 is 5.97 Å². The van der Waals surface area contributed by atoms with E-state index in [9.17, 15) is 55.5 Å². The van der Waals surface area contributed by atoms with Gasteiger partial charge in [0.25, 0.3) is 0 Å². The quantitative estimate of drug-likeness (QED) is 0.142. The number of phenolic OH excluding ortho intramolecular Hbond substituents is 2. The number of rotatable bonds is 6. The van der Waals surface area contributed by atoms with Crippen molar-refractivity contribution in [3.63, 3.8) is 0 Å². The van der Waals surface area contributed by atoms with Crippen LogP contribution in [0, 0.1) is 6.92 Å². The van der Waals surface area contributed by atoms with Crippen molar-refractivity contribution < 1.29 is 74.5 Å². The smallest absolute Gasteiger partial charge is 0.340 e. The molecule has 15 nitrogen and oxygen atoms in total. The number of ether oxygens (including phenoxy) is 4. The Labute approximate surface area is 272 Å². The number of esters is 1. The molecular formula is C33H34O15. The SMILES string of the molecule is Cc1cc(O[C@@H]2O[C@H](CO)[C@@H](O)[C@H](O)[C@H]2O)c2c(c1)[C@H]([C@@H]1O[C@@H](OC(=O)c3ccccc3)[C@H](O)[C@H](O)[C@H]1O)c1cc(O)cc(O)c1C2=O. The molecule has 11 atom stereocenters. The molecular weight excluding hydrogens is 636 g/mol. The lowest BCUT2D eigenvalue weighted by atomic mass is 9.71. The largest absolute Gasteiger partial charge is 0.508 e. The molecule has 9 N–H and O–H groups in total. The molecule has 15 heteroatoms. The zero-order chi connectivity index (χ0) is 34.6. The predicted octanol–water partition coefficient (Wildman–Crippen LogP) is -1.07. The van der Waals surface area contributed by atoms with Gasteiger partial charge in [-0.3, -0.25) is 4.79 Å². The molecule has 2 saturated heterocycles. The van der Waals surface area contributed by atoms with Crippen LogP contribution in [-0.4, -0.2) is 126 Å². The molecule has 3 aromatic carbocycles. The van der Waals surface area contributed by atoms with E-state index in [0.29, 0.717) is 5.56 Å². The number of carbonyl (C=O) groups is 2. The Hall–Kier alpha value is -4.16. The number of ketones is 1. The Morgan fingerprint density at radius 3 is 2.10 bits per heavy atom. The summed E-state index contributed by atoms with van der Waals surface area (Å²) in [6.07, 6.45) is -17.5. The normalized spacial score (nSPS) is 33.0. The topological polar surface area (TPSA) is 253 Å². The Kier molecular flexibility index (Phi) is 9.16. The van der Waals surface area contributed by atoms with E-state index in [2.05, 4.69) is 0 Å². The lowest BCUT2D eigenvalue weighted by Crippen LogP contribution is -2.60. The van der Waals surface area contributed by atoms with Gasteiger partial charge in [-0.15, -0.1) is 0 Å². The van der Waals surface area contributed by atoms with Crippen LogP contribution in [0.15, 0.2) is 54.6 Å². The highest BCUT2D eigenvalue weighted by Crippen LogP contribution is 2.49. The van der Waals surface area contributed by atoms with Crippen LogP contribution in [-0.2, 0) is 14.2 Å². The molecule has 1 aliphatic carbocycles. The maximum atomic E-state index is 14.1. The van der Waals surface area contributed by atoms with Crippen molar-refractivity contribution >= 4 is 11.8 Å². The zero-order valence-electron chi connectivity index (χ0n) is 25.2. The third-order valence-corrected chi connectivity index (χ3v) is 8.79. The Morgan fingerprint density at radius 2 is 1.42 bits per heavy atom. The third kappa shape index (κ3) is 5.78. The highest BCUT2D eigenvalue weighted by molar-refractivity contribution is 6.16. The Bertz CT molecular complexity index is 1690. The van der Waals surface area contributed by atoms with Crippen molar-refractivity contribution in [3.05, 3.63) is 88.0 Å². The molecule has 256 valence electrons. The average molecular weight is 671 g/mol. The summed E-state index contributed by atoms with van der Waals surface area (Å²) in [6.45, 7) is 0.863. The number of aryl methyl sites for hydroxylation is 1. The highest BCUT2D eigenvalue weighted by atomic mass is 16.7. The second kappa shape index (κ2) is 13.0. The van der Waals surface area contributed by atoms with Crippen molar-refractivity contribution in [2.45, 2.75) is 74.3 Å². The van der Waals surface area contributed by atoms with Crippen LogP contribution in [0.1, 0.15) is 48.9 Å². The number of hydrogen-bond donors (Lipinski definition) is 9. The molecule has 0 aromatic heterocycles. The number of benzene rings is 3. The lowest BCUT2D eigenvalue weighted by Gasteiger charge is -2.45. The van der Waals surface area contributed by atoms with Gasteiger partial charge in [0.1, 0.15) is 66.1 Å². The van der Waals surface area contributed by atoms with E-state index in [1.165, 1.54) is 24.3 Å². The summed E-state index contributed by atoms with van der Waals surface area (Å²) in [7, 11) is 0. The summed E-state index contributed by atoms with van der Waals surface area (Å²) >= 11 is 0. The zero-order valence-corrected chi connectivity index (χ0v) is 25.2. The van der Waals surface area contributed by atoms with Gasteiger partial charge in [0.15, 0.2) is 0 Å². The van der Waals surface area contributed by atoms with Gasteiger partial charge in [-0.2, -0.15) is 0 Å². The maximum absolute atomic E-state index is 14.1. The number of carbonyl (C=O) groups excluding carboxylic acids is 2. The molecule has 0 radical (unpaired) electrons. The molecule has 48 heavy (non-hydrogen) atoms. The van der Waals surface area contributed by atoms with Crippen molar-refractivity contribution in [1.29, 1.82) is 0 Å². The first-order chi connectivity index (χ1) is 22.8. The highest BCUT2D eigenvalue weighted by Gasteiger charge is 2.52. The fourth-order valence-electron chi connectivity index (χ4n) is 6.42. The van der Waals surface area contributed by atoms with E-state index in [0.717, 1.165) is 12.1 Å². The maximum Gasteiger partial charge on any atom is 0.340 e. The van der Waals surface area contributed by atoms with Crippen LogP contribution < -0.4 is 4.74 Å². The molecule has 0 spiro atoms. The predicted molar refractivity (Wildman–Crippen MR) is 159 cm³/mol. The van der Waals surface area contributed by atoms with Crippen LogP contribution in [0.25, 0.3) is 0 Å². The van der Waals surface area contributed by atoms with Gasteiger partial charge in [0, 0.05) is 12.0 Å². The fourth-order valence-corrected chi connectivity index (χ4v) is 6.42. The minimum atomic E-state index is -1.94. The molecule has 2 aliphatic heterocycles. The number of fused-ring (bicyclic) bond motifs is 2. The minimum absolute atomic E-state index is 0.0461. The fraction of sp³-hybridized carbons (Fsp3) is 0.394. The van der Waals surface area contributed by atoms with Crippen LogP contribution in [0.2, 0.25) is 0 Å². The summed E-state index contributed by atoms with van der Waals surface area (Å²) < 4.78 is 22.7. The van der Waals surface area contributed by atoms with Gasteiger partial charge in [-0.05, 0) is 47.9 Å². The average Bonchev–Trinajstić information content (AvgIpc) is 3.05. The minimum Gasteiger partial charge on any atom is -0.508 e. The van der Waals surface area contributed by atoms with Crippen LogP contribution in [0.3, 0.4) is 0 Å². The molecule has 3 aliphatic rings. The molecule has 0 bridgehead atoms. The summed E-state index contributed by atoms with van der Waals surface area (Å²) in [5, 5.41) is 95.1. The Balaban J connectivity index is 1.45. The number of aliphatic hydroxyl groups is 7. The van der Waals surface area contributed by atoms with Crippen molar-refractivity contribution in [3.8, 4) is 17.2 Å². The van der Waals surface area contributed by atoms with Gasteiger partial charge in [-0.1, -0.05) is 24.3 Å². The van der Waals surface area contributed by atoms with E-state index < -0.39 is 97.2 Å². The molecule has 2 heterocycles. The van der Waals surface area contributed by atoms with E-state index in [1.54, 1.807) is 25.1 Å². The first kappa shape index (κ1) is 33.7. The molecule has 3 aromatic rings. The van der Waals surface area contributed by atoms with E-state index >= 15 is 0 Å². The monoisotopic (exact) mass is 670 g/mol. The van der Waals surface area contributed by atoms with E-state index in [1.807, 2.05) is 0 Å². The van der Waals surface area contributed by atoms with Crippen molar-refractivity contribution in [1.82, 2.24) is 0 Å². The summed E-state index contributed by atoms with van der Waals surface area (Å²) in [4.78, 5) is 27.0. The molecule has 2 fully saturated rings. The van der Waals surface area contributed by atoms with E-state index in [-0.39, 0.29) is 33.6 Å². The summed E-state index contributed by atoms with van der Waals surface area (Å²) in [5.74, 6) is -4.41. The number of phenols is 2. The number of aromatic hydroxyl groups is 2. The first-order valence-corrected chi connectivity index (χ1v) is 15.0. The van der Waals surface area contributed by atoms with Crippen LogP contribution in [0.5, 0.6) is 17.2 Å². The number of hydrogen-bond acceptors (Lipinski definition) is 15. The van der Waals surface area contributed by atoms with Gasteiger partial charge in [-0.25, -0.2) is 4.79 Å². The Morgan fingerprint density at radius 1 is 0.771 bits per heavy atom. The van der Waals surface area contributed by atoms with Gasteiger partial charge < -0.3 is 64.9 Å². The second-order valence-electron chi connectivity index (χ2n) is 12.0. The summed E-state index contributed by atoms with van der Waals surface area (Å²) in [5.41, 5.74) is 0.00199. The standard InChI is InChI=1S/C33H34O15/c1-12-7-15-20(30-27(41)26(40)29(43)33(47-30)48-31(44)13-5-3-2-4-6-13)16-9-14(35)10-17(36)21(16)24(38)22(15)18(8-12)45-32-28(42)25(39)23(37)19(11-34)46-32/h2-10,19-20,23,25-30,32-37,39-43H,11H2,1H3/t19-,20+,23-,25+,26-,27-,28-,29-,30+,32-,33+/m1/s1. The van der Waals surface area contributed by atoms with Crippen molar-refractivity contribution in [2.24, 2.45) is 0 Å². The molecule has 6 rings (SSSR count). The summed E-state index contributed by atoms with van der Waals surface area (Å²) in [6, 6.07) is 12.7. The molecule has 0 amide bonds.